The van der Waals surface area contributed by atoms with Gasteiger partial charge in [0.25, 0.3) is 0 Å². The van der Waals surface area contributed by atoms with Crippen molar-refractivity contribution in [2.45, 2.75) is 0 Å². The fraction of sp³-hybridized carbons (Fsp3) is 0. The van der Waals surface area contributed by atoms with Gasteiger partial charge in [-0.05, 0) is 0 Å². The van der Waals surface area contributed by atoms with E-state index in [1.165, 1.54) is 0 Å². The van der Waals surface area contributed by atoms with Gasteiger partial charge >= 0.3 is 29.6 Å². The normalized spacial score (nSPS) is 0. The summed E-state index contributed by atoms with van der Waals surface area (Å²) in [5.41, 5.74) is 0. The summed E-state index contributed by atoms with van der Waals surface area (Å²) in [6, 6.07) is 0. The van der Waals surface area contributed by atoms with Crippen molar-refractivity contribution in [3.8, 4) is 0 Å². The minimum Gasteiger partial charge on any atom is -1.00 e. The molecule has 0 saturated heterocycles. The quantitative estimate of drug-likeness (QED) is 0.331. The topological polar surface area (TPSA) is 31.5 Å². The van der Waals surface area contributed by atoms with Gasteiger partial charge in [0.1, 0.15) is 0 Å². The predicted molar refractivity (Wildman–Crippen MR) is 4.73 cm³/mol. The summed E-state index contributed by atoms with van der Waals surface area (Å²) in [5.74, 6) is 0. The van der Waals surface area contributed by atoms with Gasteiger partial charge in [0.05, 0.1) is 0 Å². The first-order valence-corrected chi connectivity index (χ1v) is 0. The molecule has 0 heterocycles. The molecule has 4 heteroatoms. The molecule has 0 amide bonds. The zero-order valence-electron chi connectivity index (χ0n) is 3.52. The van der Waals surface area contributed by atoms with E-state index in [1.807, 2.05) is 0 Å². The van der Waals surface area contributed by atoms with Gasteiger partial charge in [-0.1, -0.05) is 0 Å². The molecule has 0 aliphatic heterocycles. The molecule has 0 bridgehead atoms. The summed E-state index contributed by atoms with van der Waals surface area (Å²) in [6.45, 7) is 0. The maximum absolute atomic E-state index is 0. The van der Waals surface area contributed by atoms with Gasteiger partial charge in [-0.25, -0.2) is 0 Å². The third kappa shape index (κ3) is 8.95. The van der Waals surface area contributed by atoms with E-state index >= 15 is 0 Å². The Balaban J connectivity index is 0. The molecule has 2 N–H and O–H groups in total. The summed E-state index contributed by atoms with van der Waals surface area (Å²) in [7, 11) is 0. The average Bonchev–Trinajstić information content (AvgIpc) is 0. The second-order valence-electron chi connectivity index (χ2n) is 0. The van der Waals surface area contributed by atoms with Crippen LogP contribution in [-0.2, 0) is 36.0 Å². The van der Waals surface area contributed by atoms with Crippen LogP contribution in [0.5, 0.6) is 0 Å². The smallest absolute Gasteiger partial charge is 1.00 e. The van der Waals surface area contributed by atoms with Gasteiger partial charge in [0, 0.05) is 36.0 Å². The second-order valence-corrected chi connectivity index (χ2v) is 0. The summed E-state index contributed by atoms with van der Waals surface area (Å²) in [6.07, 6.45) is 0. The maximum atomic E-state index is 0. The molecule has 0 rings (SSSR count). The maximum Gasteiger partial charge on any atom is 1.00 e. The molecule has 0 unspecified atom stereocenters. The Morgan fingerprint density at radius 3 is 1.25 bits per heavy atom. The first-order valence-electron chi connectivity index (χ1n) is 0. The fourth-order valence-electron chi connectivity index (χ4n) is 0. The number of hydrogen-bond acceptors (Lipinski definition) is 0. The molecule has 4 heavy (non-hydrogen) atoms. The molecule has 0 saturated carbocycles. The number of hydrogen-bond donors (Lipinski definition) is 0. The molecule has 22 valence electrons. The second kappa shape index (κ2) is 19.6. The van der Waals surface area contributed by atoms with Crippen LogP contribution >= 0.6 is 0 Å². The van der Waals surface area contributed by atoms with Crippen LogP contribution in [0.25, 0.3) is 0 Å². The third-order valence-electron chi connectivity index (χ3n) is 0. The van der Waals surface area contributed by atoms with Crippen molar-refractivity contribution in [2.75, 3.05) is 0 Å². The summed E-state index contributed by atoms with van der Waals surface area (Å²) in [4.78, 5) is 0. The van der Waals surface area contributed by atoms with Crippen molar-refractivity contribution in [2.24, 2.45) is 0 Å². The van der Waals surface area contributed by atoms with Crippen LogP contribution in [0.15, 0.2) is 0 Å². The monoisotopic (exact) mass is 164 g/mol. The van der Waals surface area contributed by atoms with Crippen molar-refractivity contribution in [1.82, 2.24) is 0 Å². The van der Waals surface area contributed by atoms with E-state index in [2.05, 4.69) is 0 Å². The van der Waals surface area contributed by atoms with Crippen LogP contribution in [0.1, 0.15) is 1.43 Å². The first-order chi connectivity index (χ1) is 0. The Morgan fingerprint density at radius 1 is 1.25 bits per heavy atom. The molecular weight excluding hydrogens is 163 g/mol. The van der Waals surface area contributed by atoms with Gasteiger partial charge < -0.3 is 6.90 Å². The molecule has 1 nitrogen and oxygen atoms in total. The SMILES string of the molecule is O.[H-].[Na+].[Ni].[Zn]. The van der Waals surface area contributed by atoms with Crippen LogP contribution in [0.2, 0.25) is 0 Å². The van der Waals surface area contributed by atoms with Crippen molar-refractivity contribution in [1.29, 1.82) is 0 Å². The van der Waals surface area contributed by atoms with E-state index in [9.17, 15) is 0 Å². The van der Waals surface area contributed by atoms with E-state index < -0.39 is 0 Å². The number of rotatable bonds is 0. The predicted octanol–water partition coefficient (Wildman–Crippen LogP) is -3.71. The zero-order chi connectivity index (χ0) is 0. The van der Waals surface area contributed by atoms with Gasteiger partial charge in [0.2, 0.25) is 0 Å². The van der Waals surface area contributed by atoms with Crippen LogP contribution in [0, 0.1) is 0 Å². The average molecular weight is 166 g/mol. The molecule has 0 atom stereocenters. The van der Waals surface area contributed by atoms with E-state index in [4.69, 9.17) is 0 Å². The van der Waals surface area contributed by atoms with Crippen molar-refractivity contribution in [3.63, 3.8) is 0 Å². The molecule has 0 aromatic carbocycles. The molecular formula is H3NaNiOZn. The zero-order valence-corrected chi connectivity index (χ0v) is 8.48. The van der Waals surface area contributed by atoms with Crippen molar-refractivity contribution in [3.05, 3.63) is 0 Å². The van der Waals surface area contributed by atoms with E-state index in [-0.39, 0.29) is 72.4 Å². The molecule has 0 aromatic heterocycles. The van der Waals surface area contributed by atoms with Crippen LogP contribution in [0.4, 0.5) is 0 Å². The van der Waals surface area contributed by atoms with E-state index in [1.54, 1.807) is 0 Å². The Kier molecular flexibility index (Phi) is 178. The largest absolute Gasteiger partial charge is 1.00 e. The summed E-state index contributed by atoms with van der Waals surface area (Å²) >= 11 is 0. The van der Waals surface area contributed by atoms with Gasteiger partial charge in [-0.15, -0.1) is 0 Å². The van der Waals surface area contributed by atoms with Crippen LogP contribution < -0.4 is 29.6 Å². The van der Waals surface area contributed by atoms with Crippen LogP contribution in [-0.4, -0.2) is 5.48 Å². The Labute approximate surface area is 71.7 Å². The minimum atomic E-state index is 0. The molecule has 0 aliphatic rings. The van der Waals surface area contributed by atoms with E-state index in [0.29, 0.717) is 0 Å². The molecule has 0 aliphatic carbocycles. The summed E-state index contributed by atoms with van der Waals surface area (Å²) in [5, 5.41) is 0. The molecule has 0 spiro atoms. The molecule has 0 fully saturated rings. The van der Waals surface area contributed by atoms with Crippen molar-refractivity contribution < 1.29 is 72.4 Å². The van der Waals surface area contributed by atoms with Crippen LogP contribution in [0.3, 0.4) is 0 Å². The van der Waals surface area contributed by atoms with Gasteiger partial charge in [-0.2, -0.15) is 0 Å². The van der Waals surface area contributed by atoms with Gasteiger partial charge in [-0.3, -0.25) is 0 Å². The first kappa shape index (κ1) is 36.3. The Bertz CT molecular complexity index is 11.6. The third-order valence-corrected chi connectivity index (χ3v) is 0. The van der Waals surface area contributed by atoms with Gasteiger partial charge in [0.15, 0.2) is 0 Å². The Morgan fingerprint density at radius 2 is 1.25 bits per heavy atom. The molecule has 0 radical (unpaired) electrons. The fourth-order valence-corrected chi connectivity index (χ4v) is 0. The van der Waals surface area contributed by atoms with Crippen molar-refractivity contribution >= 4 is 0 Å². The van der Waals surface area contributed by atoms with E-state index in [0.717, 1.165) is 0 Å². The Hall–Kier alpha value is 2.08. The summed E-state index contributed by atoms with van der Waals surface area (Å²) < 4.78 is 0. The standard InChI is InChI=1S/Na.Ni.H2O.Zn.H/h;;1H2;;/q+1;;;;-1. The minimum absolute atomic E-state index is 0. The molecule has 0 aromatic rings.